The Balaban J connectivity index is 1.65. The van der Waals surface area contributed by atoms with Crippen molar-refractivity contribution in [2.75, 3.05) is 0 Å². The number of aryl methyl sites for hydroxylation is 1. The minimum absolute atomic E-state index is 0.148. The Bertz CT molecular complexity index is 774. The fraction of sp³-hybridized carbons (Fsp3) is 0.263. The van der Waals surface area contributed by atoms with Gasteiger partial charge in [0.1, 0.15) is 0 Å². The van der Waals surface area contributed by atoms with Crippen LogP contribution in [0.2, 0.25) is 0 Å². The van der Waals surface area contributed by atoms with Gasteiger partial charge in [0.25, 0.3) is 0 Å². The van der Waals surface area contributed by atoms with Gasteiger partial charge < -0.3 is 5.73 Å². The van der Waals surface area contributed by atoms with Gasteiger partial charge >= 0.3 is 0 Å². The molecule has 2 aromatic carbocycles. The van der Waals surface area contributed by atoms with Crippen molar-refractivity contribution in [2.24, 2.45) is 11.7 Å². The SMILES string of the molecule is NC(c1csc2ccccc12)C1CCc2ccccc2C1. The van der Waals surface area contributed by atoms with E-state index in [1.54, 1.807) is 0 Å². The van der Waals surface area contributed by atoms with Crippen LogP contribution >= 0.6 is 11.3 Å². The molecule has 2 heteroatoms. The van der Waals surface area contributed by atoms with Gasteiger partial charge in [0, 0.05) is 10.7 Å². The van der Waals surface area contributed by atoms with E-state index in [4.69, 9.17) is 5.73 Å². The van der Waals surface area contributed by atoms with Crippen molar-refractivity contribution in [1.82, 2.24) is 0 Å². The molecule has 0 bridgehead atoms. The lowest BCUT2D eigenvalue weighted by molar-refractivity contribution is 0.384. The highest BCUT2D eigenvalue weighted by Gasteiger charge is 2.26. The topological polar surface area (TPSA) is 26.0 Å². The van der Waals surface area contributed by atoms with Gasteiger partial charge in [-0.05, 0) is 58.7 Å². The molecule has 1 nitrogen and oxygen atoms in total. The molecule has 0 spiro atoms. The van der Waals surface area contributed by atoms with E-state index in [1.807, 2.05) is 11.3 Å². The van der Waals surface area contributed by atoms with Crippen molar-refractivity contribution in [2.45, 2.75) is 25.3 Å². The summed E-state index contributed by atoms with van der Waals surface area (Å²) in [5.74, 6) is 0.554. The first-order valence-corrected chi connectivity index (χ1v) is 8.49. The Morgan fingerprint density at radius 3 is 2.67 bits per heavy atom. The van der Waals surface area contributed by atoms with Gasteiger partial charge in [-0.25, -0.2) is 0 Å². The lowest BCUT2D eigenvalue weighted by Gasteiger charge is -2.29. The predicted octanol–water partition coefficient (Wildman–Crippen LogP) is 4.71. The van der Waals surface area contributed by atoms with Gasteiger partial charge in [-0.2, -0.15) is 0 Å². The molecule has 1 aromatic heterocycles. The standard InChI is InChI=1S/C19H19NS/c20-19(17-12-21-18-8-4-3-7-16(17)18)15-10-9-13-5-1-2-6-14(13)11-15/h1-8,12,15,19H,9-11,20H2. The zero-order chi connectivity index (χ0) is 14.2. The number of thiophene rings is 1. The first-order chi connectivity index (χ1) is 10.3. The van der Waals surface area contributed by atoms with E-state index < -0.39 is 0 Å². The molecule has 0 fully saturated rings. The molecule has 3 aromatic rings. The molecule has 0 aliphatic heterocycles. The number of hydrogen-bond donors (Lipinski definition) is 1. The average molecular weight is 293 g/mol. The minimum Gasteiger partial charge on any atom is -0.324 e. The molecule has 1 aliphatic carbocycles. The zero-order valence-electron chi connectivity index (χ0n) is 12.0. The minimum atomic E-state index is 0.148. The third-order valence-electron chi connectivity index (χ3n) is 4.76. The van der Waals surface area contributed by atoms with E-state index >= 15 is 0 Å². The molecule has 2 atom stereocenters. The van der Waals surface area contributed by atoms with Crippen molar-refractivity contribution in [3.8, 4) is 0 Å². The number of fused-ring (bicyclic) bond motifs is 2. The Kier molecular flexibility index (Phi) is 3.28. The molecule has 2 unspecified atom stereocenters. The Labute approximate surface area is 129 Å². The number of benzene rings is 2. The Morgan fingerprint density at radius 1 is 1.00 bits per heavy atom. The molecule has 1 heterocycles. The van der Waals surface area contributed by atoms with Crippen LogP contribution in [0.4, 0.5) is 0 Å². The average Bonchev–Trinajstić information content (AvgIpc) is 2.98. The molecule has 0 radical (unpaired) electrons. The maximum absolute atomic E-state index is 6.64. The van der Waals surface area contributed by atoms with Gasteiger partial charge in [-0.15, -0.1) is 11.3 Å². The highest BCUT2D eigenvalue weighted by Crippen LogP contribution is 2.37. The maximum Gasteiger partial charge on any atom is 0.0346 e. The highest BCUT2D eigenvalue weighted by molar-refractivity contribution is 7.17. The predicted molar refractivity (Wildman–Crippen MR) is 90.7 cm³/mol. The summed E-state index contributed by atoms with van der Waals surface area (Å²) in [5, 5.41) is 3.60. The van der Waals surface area contributed by atoms with Gasteiger partial charge in [0.15, 0.2) is 0 Å². The lowest BCUT2D eigenvalue weighted by Crippen LogP contribution is -2.26. The Hall–Kier alpha value is -1.64. The summed E-state index contributed by atoms with van der Waals surface area (Å²) in [4.78, 5) is 0. The van der Waals surface area contributed by atoms with E-state index in [2.05, 4.69) is 53.9 Å². The van der Waals surface area contributed by atoms with Crippen LogP contribution in [0.1, 0.15) is 29.2 Å². The van der Waals surface area contributed by atoms with Gasteiger partial charge in [0.2, 0.25) is 0 Å². The van der Waals surface area contributed by atoms with E-state index in [0.717, 1.165) is 12.8 Å². The first-order valence-electron chi connectivity index (χ1n) is 7.61. The molecule has 0 amide bonds. The summed E-state index contributed by atoms with van der Waals surface area (Å²) in [6.07, 6.45) is 3.47. The molecule has 0 saturated carbocycles. The number of rotatable bonds is 2. The third kappa shape index (κ3) is 2.29. The Morgan fingerprint density at radius 2 is 1.76 bits per heavy atom. The number of hydrogen-bond acceptors (Lipinski definition) is 2. The first kappa shape index (κ1) is 13.1. The van der Waals surface area contributed by atoms with Crippen LogP contribution in [-0.2, 0) is 12.8 Å². The van der Waals surface area contributed by atoms with Gasteiger partial charge in [-0.1, -0.05) is 42.5 Å². The second kappa shape index (κ2) is 5.28. The van der Waals surface area contributed by atoms with E-state index in [0.29, 0.717) is 5.92 Å². The molecular formula is C19H19NS. The summed E-state index contributed by atoms with van der Waals surface area (Å²) >= 11 is 1.81. The van der Waals surface area contributed by atoms with Gasteiger partial charge in [-0.3, -0.25) is 0 Å². The summed E-state index contributed by atoms with van der Waals surface area (Å²) in [7, 11) is 0. The summed E-state index contributed by atoms with van der Waals surface area (Å²) in [6, 6.07) is 17.6. The van der Waals surface area contributed by atoms with Crippen molar-refractivity contribution in [3.63, 3.8) is 0 Å². The summed E-state index contributed by atoms with van der Waals surface area (Å²) in [5.41, 5.74) is 11.0. The van der Waals surface area contributed by atoms with Crippen LogP contribution in [0.25, 0.3) is 10.1 Å². The van der Waals surface area contributed by atoms with E-state index in [-0.39, 0.29) is 6.04 Å². The molecule has 4 rings (SSSR count). The largest absolute Gasteiger partial charge is 0.324 e. The van der Waals surface area contributed by atoms with Crippen LogP contribution in [0.5, 0.6) is 0 Å². The third-order valence-corrected chi connectivity index (χ3v) is 5.74. The molecule has 106 valence electrons. The van der Waals surface area contributed by atoms with Crippen molar-refractivity contribution < 1.29 is 0 Å². The van der Waals surface area contributed by atoms with Crippen LogP contribution in [0, 0.1) is 5.92 Å². The molecule has 1 aliphatic rings. The summed E-state index contributed by atoms with van der Waals surface area (Å²) in [6.45, 7) is 0. The molecule has 21 heavy (non-hydrogen) atoms. The fourth-order valence-corrected chi connectivity index (χ4v) is 4.55. The van der Waals surface area contributed by atoms with Crippen LogP contribution < -0.4 is 5.73 Å². The highest BCUT2D eigenvalue weighted by atomic mass is 32.1. The van der Waals surface area contributed by atoms with E-state index in [1.165, 1.54) is 33.2 Å². The second-order valence-corrected chi connectivity index (χ2v) is 6.90. The number of nitrogens with two attached hydrogens (primary N) is 1. The second-order valence-electron chi connectivity index (χ2n) is 5.98. The van der Waals surface area contributed by atoms with Crippen molar-refractivity contribution >= 4 is 21.4 Å². The zero-order valence-corrected chi connectivity index (χ0v) is 12.8. The molecule has 0 saturated heterocycles. The lowest BCUT2D eigenvalue weighted by atomic mass is 9.78. The quantitative estimate of drug-likeness (QED) is 0.728. The molecule has 2 N–H and O–H groups in total. The smallest absolute Gasteiger partial charge is 0.0346 e. The van der Waals surface area contributed by atoms with Crippen LogP contribution in [0.3, 0.4) is 0 Å². The van der Waals surface area contributed by atoms with Gasteiger partial charge in [0.05, 0.1) is 0 Å². The maximum atomic E-state index is 6.64. The normalized spacial score (nSPS) is 19.4. The van der Waals surface area contributed by atoms with E-state index in [9.17, 15) is 0 Å². The van der Waals surface area contributed by atoms with Crippen molar-refractivity contribution in [3.05, 3.63) is 70.6 Å². The summed E-state index contributed by atoms with van der Waals surface area (Å²) < 4.78 is 1.35. The monoisotopic (exact) mass is 293 g/mol. The fourth-order valence-electron chi connectivity index (χ4n) is 3.54. The van der Waals surface area contributed by atoms with Crippen LogP contribution in [0.15, 0.2) is 53.9 Å². The van der Waals surface area contributed by atoms with Crippen LogP contribution in [-0.4, -0.2) is 0 Å². The molecular weight excluding hydrogens is 274 g/mol. The van der Waals surface area contributed by atoms with Crippen molar-refractivity contribution in [1.29, 1.82) is 0 Å².